The molecule has 7 heteroatoms. The summed E-state index contributed by atoms with van der Waals surface area (Å²) >= 11 is 11.6. The molecule has 2 atom stereocenters. The van der Waals surface area contributed by atoms with Crippen LogP contribution in [0.5, 0.6) is 5.75 Å². The smallest absolute Gasteiger partial charge is 0.136 e. The average Bonchev–Trinajstić information content (AvgIpc) is 3.04. The molecule has 0 radical (unpaired) electrons. The Balaban J connectivity index is 2.05. The van der Waals surface area contributed by atoms with Gasteiger partial charge < -0.3 is 13.9 Å². The van der Waals surface area contributed by atoms with E-state index in [-0.39, 0.29) is 10.8 Å². The third kappa shape index (κ3) is 3.13. The number of rotatable bonds is 4. The van der Waals surface area contributed by atoms with Gasteiger partial charge in [-0.05, 0) is 40.2 Å². The Labute approximate surface area is 155 Å². The van der Waals surface area contributed by atoms with E-state index in [2.05, 4.69) is 15.4 Å². The summed E-state index contributed by atoms with van der Waals surface area (Å²) in [4.78, 5) is 0. The number of hydrogen-bond donors (Lipinski definition) is 1. The van der Waals surface area contributed by atoms with Crippen molar-refractivity contribution in [2.45, 2.75) is 51.4 Å². The second-order valence-corrected chi connectivity index (χ2v) is 9.71. The van der Waals surface area contributed by atoms with Crippen molar-refractivity contribution >= 4 is 45.5 Å². The summed E-state index contributed by atoms with van der Waals surface area (Å²) in [5.74, 6) is 0.736. The van der Waals surface area contributed by atoms with Gasteiger partial charge in [0, 0.05) is 35.1 Å². The van der Waals surface area contributed by atoms with Gasteiger partial charge in [0.15, 0.2) is 0 Å². The summed E-state index contributed by atoms with van der Waals surface area (Å²) < 4.78 is 23.3. The van der Waals surface area contributed by atoms with Gasteiger partial charge in [-0.15, -0.1) is 4.72 Å². The quantitative estimate of drug-likeness (QED) is 0.761. The van der Waals surface area contributed by atoms with Crippen LogP contribution in [-0.2, 0) is 17.9 Å². The summed E-state index contributed by atoms with van der Waals surface area (Å²) in [6, 6.07) is 3.87. The van der Waals surface area contributed by atoms with Crippen molar-refractivity contribution < 1.29 is 9.29 Å². The molecule has 0 saturated carbocycles. The highest BCUT2D eigenvalue weighted by atomic mass is 35.5. The van der Waals surface area contributed by atoms with Gasteiger partial charge in [0.1, 0.15) is 10.5 Å². The van der Waals surface area contributed by atoms with Gasteiger partial charge >= 0.3 is 0 Å². The van der Waals surface area contributed by atoms with E-state index in [1.165, 1.54) is 0 Å². The SMILES string of the molecule is CCOc1cc(Cl)c(Cl)c2c1cc1n2CC[C@@H]1N[S@+]([O-])C(C)(C)C. The third-order valence-corrected chi connectivity index (χ3v) is 6.56. The minimum atomic E-state index is -1.13. The number of aryl methyl sites for hydroxylation is 1. The van der Waals surface area contributed by atoms with E-state index in [9.17, 15) is 4.55 Å². The Morgan fingerprint density at radius 1 is 1.38 bits per heavy atom. The second kappa shape index (κ2) is 6.61. The van der Waals surface area contributed by atoms with Crippen LogP contribution in [0.25, 0.3) is 10.9 Å². The minimum Gasteiger partial charge on any atom is -0.598 e. The van der Waals surface area contributed by atoms with Crippen LogP contribution in [0.3, 0.4) is 0 Å². The Morgan fingerprint density at radius 2 is 2.08 bits per heavy atom. The number of nitrogens with one attached hydrogen (secondary N) is 1. The average molecular weight is 389 g/mol. The van der Waals surface area contributed by atoms with Crippen LogP contribution < -0.4 is 9.46 Å². The maximum absolute atomic E-state index is 12.5. The maximum Gasteiger partial charge on any atom is 0.136 e. The zero-order valence-corrected chi connectivity index (χ0v) is 16.6. The third-order valence-electron chi connectivity index (χ3n) is 4.17. The molecular formula is C17H22Cl2N2O2S. The zero-order valence-electron chi connectivity index (χ0n) is 14.3. The van der Waals surface area contributed by atoms with Crippen LogP contribution in [0, 0.1) is 0 Å². The van der Waals surface area contributed by atoms with Crippen molar-refractivity contribution in [3.05, 3.63) is 27.9 Å². The summed E-state index contributed by atoms with van der Waals surface area (Å²) in [6.45, 7) is 9.20. The summed E-state index contributed by atoms with van der Waals surface area (Å²) in [7, 11) is 0. The van der Waals surface area contributed by atoms with E-state index in [1.54, 1.807) is 6.07 Å². The molecule has 0 fully saturated rings. The molecule has 4 nitrogen and oxygen atoms in total. The molecule has 24 heavy (non-hydrogen) atoms. The molecular weight excluding hydrogens is 367 g/mol. The first kappa shape index (κ1) is 18.2. The van der Waals surface area contributed by atoms with Gasteiger partial charge in [-0.1, -0.05) is 23.2 Å². The topological polar surface area (TPSA) is 49.2 Å². The van der Waals surface area contributed by atoms with Gasteiger partial charge in [0.25, 0.3) is 0 Å². The number of halogens is 2. The lowest BCUT2D eigenvalue weighted by Crippen LogP contribution is -2.40. The van der Waals surface area contributed by atoms with Crippen molar-refractivity contribution in [1.82, 2.24) is 9.29 Å². The molecule has 2 heterocycles. The van der Waals surface area contributed by atoms with Crippen LogP contribution in [0.4, 0.5) is 0 Å². The fourth-order valence-electron chi connectivity index (χ4n) is 3.00. The van der Waals surface area contributed by atoms with Crippen LogP contribution in [0.2, 0.25) is 10.0 Å². The predicted octanol–water partition coefficient (Wildman–Crippen LogP) is 4.84. The lowest BCUT2D eigenvalue weighted by atomic mass is 10.1. The summed E-state index contributed by atoms with van der Waals surface area (Å²) in [6.07, 6.45) is 0.875. The molecule has 1 aromatic carbocycles. The molecule has 1 aliphatic heterocycles. The van der Waals surface area contributed by atoms with E-state index >= 15 is 0 Å². The van der Waals surface area contributed by atoms with Gasteiger partial charge in [-0.3, -0.25) is 0 Å². The number of ether oxygens (including phenoxy) is 1. The monoisotopic (exact) mass is 388 g/mol. The highest BCUT2D eigenvalue weighted by Gasteiger charge is 2.34. The fourth-order valence-corrected chi connectivity index (χ4v) is 4.30. The summed E-state index contributed by atoms with van der Waals surface area (Å²) in [5, 5.41) is 1.98. The highest BCUT2D eigenvalue weighted by molar-refractivity contribution is 7.90. The zero-order chi connectivity index (χ0) is 17.6. The fraction of sp³-hybridized carbons (Fsp3) is 0.529. The van der Waals surface area contributed by atoms with E-state index in [0.29, 0.717) is 16.7 Å². The van der Waals surface area contributed by atoms with Crippen LogP contribution in [0.1, 0.15) is 45.9 Å². The number of hydrogen-bond acceptors (Lipinski definition) is 3. The molecule has 0 bridgehead atoms. The molecule has 2 aromatic rings. The van der Waals surface area contributed by atoms with Crippen LogP contribution in [0.15, 0.2) is 12.1 Å². The Morgan fingerprint density at radius 3 is 2.71 bits per heavy atom. The molecule has 3 rings (SSSR count). The largest absolute Gasteiger partial charge is 0.598 e. The number of fused-ring (bicyclic) bond motifs is 3. The van der Waals surface area contributed by atoms with E-state index in [1.807, 2.05) is 27.7 Å². The van der Waals surface area contributed by atoms with Crippen molar-refractivity contribution in [2.24, 2.45) is 0 Å². The molecule has 0 saturated heterocycles. The standard InChI is InChI=1S/C17H22Cl2N2O2S/c1-5-23-14-9-11(18)15(19)16-10(14)8-13-12(6-7-21(13)16)20-24(22)17(2,3)4/h8-9,12,20H,5-7H2,1-4H3/t12-,24+/m0/s1. The van der Waals surface area contributed by atoms with Gasteiger partial charge in [0.2, 0.25) is 0 Å². The van der Waals surface area contributed by atoms with E-state index in [4.69, 9.17) is 27.9 Å². The Bertz CT molecular complexity index is 770. The van der Waals surface area contributed by atoms with Crippen molar-refractivity contribution in [3.63, 3.8) is 0 Å². The lowest BCUT2D eigenvalue weighted by molar-refractivity contribution is 0.344. The minimum absolute atomic E-state index is 0.0294. The van der Waals surface area contributed by atoms with Crippen molar-refractivity contribution in [1.29, 1.82) is 0 Å². The van der Waals surface area contributed by atoms with Gasteiger partial charge in [-0.25, -0.2) is 0 Å². The number of aromatic nitrogens is 1. The van der Waals surface area contributed by atoms with E-state index < -0.39 is 11.4 Å². The molecule has 0 aliphatic carbocycles. The van der Waals surface area contributed by atoms with Crippen LogP contribution >= 0.6 is 23.2 Å². The van der Waals surface area contributed by atoms with Crippen molar-refractivity contribution in [2.75, 3.05) is 6.61 Å². The molecule has 1 aromatic heterocycles. The first-order chi connectivity index (χ1) is 11.2. The van der Waals surface area contributed by atoms with Gasteiger partial charge in [-0.2, -0.15) is 0 Å². The molecule has 1 N–H and O–H groups in total. The van der Waals surface area contributed by atoms with Crippen molar-refractivity contribution in [3.8, 4) is 5.75 Å². The second-order valence-electron chi connectivity index (χ2n) is 6.93. The summed E-state index contributed by atoms with van der Waals surface area (Å²) in [5.41, 5.74) is 1.97. The maximum atomic E-state index is 12.5. The molecule has 0 spiro atoms. The first-order valence-corrected chi connectivity index (χ1v) is 9.96. The number of nitrogens with zero attached hydrogens (tertiary/aromatic N) is 1. The highest BCUT2D eigenvalue weighted by Crippen LogP contribution is 2.43. The molecule has 0 unspecified atom stereocenters. The predicted molar refractivity (Wildman–Crippen MR) is 102 cm³/mol. The number of benzene rings is 1. The normalized spacial score (nSPS) is 18.9. The molecule has 1 aliphatic rings. The lowest BCUT2D eigenvalue weighted by Gasteiger charge is -2.26. The Hall–Kier alpha value is -0.590. The Kier molecular flexibility index (Phi) is 5.02. The first-order valence-electron chi connectivity index (χ1n) is 8.06. The van der Waals surface area contributed by atoms with E-state index in [0.717, 1.165) is 35.3 Å². The van der Waals surface area contributed by atoms with Gasteiger partial charge in [0.05, 0.1) is 28.2 Å². The molecule has 0 amide bonds. The molecule has 132 valence electrons. The van der Waals surface area contributed by atoms with Crippen LogP contribution in [-0.4, -0.2) is 20.5 Å².